The number of piperazine rings is 1. The Morgan fingerprint density at radius 2 is 1.66 bits per heavy atom. The molecule has 9 heteroatoms. The van der Waals surface area contributed by atoms with E-state index in [4.69, 9.17) is 9.15 Å². The largest absolute Gasteiger partial charge is 0.497 e. The minimum absolute atomic E-state index is 0.0287. The third kappa shape index (κ3) is 5.99. The lowest BCUT2D eigenvalue weighted by Crippen LogP contribution is -2.44. The lowest BCUT2D eigenvalue weighted by Gasteiger charge is -2.34. The number of nitrogens with zero attached hydrogens (tertiary/aromatic N) is 3. The molecule has 0 aliphatic carbocycles. The van der Waals surface area contributed by atoms with Crippen molar-refractivity contribution in [1.29, 1.82) is 0 Å². The summed E-state index contributed by atoms with van der Waals surface area (Å²) in [6.07, 6.45) is 1.78. The number of hydrogen-bond donors (Lipinski definition) is 1. The van der Waals surface area contributed by atoms with Gasteiger partial charge in [0, 0.05) is 62.7 Å². The van der Waals surface area contributed by atoms with E-state index in [9.17, 15) is 14.4 Å². The molecule has 2 heterocycles. The number of benzene rings is 2. The van der Waals surface area contributed by atoms with Gasteiger partial charge < -0.3 is 29.2 Å². The highest BCUT2D eigenvalue weighted by molar-refractivity contribution is 6.04. The van der Waals surface area contributed by atoms with Crippen LogP contribution in [0.1, 0.15) is 47.6 Å². The standard InChI is InChI=1S/C29H36N4O5/c1-5-11-33(12-6-2)29(36)20-7-9-21(10-8-20)30-28(35)26-19-25(34)23-17-22(37-4)18-24(27(23)38-26)32-15-13-31(3)14-16-32/h7-10,17-19H,5-6,11-16H2,1-4H3,(H,30,35). The average Bonchev–Trinajstić information content (AvgIpc) is 2.93. The SMILES string of the molecule is CCCN(CCC)C(=O)c1ccc(NC(=O)c2cc(=O)c3cc(OC)cc(N4CCN(C)CC4)c3o2)cc1. The molecule has 0 bridgehead atoms. The monoisotopic (exact) mass is 520 g/mol. The molecule has 38 heavy (non-hydrogen) atoms. The summed E-state index contributed by atoms with van der Waals surface area (Å²) >= 11 is 0. The smallest absolute Gasteiger partial charge is 0.291 e. The maximum atomic E-state index is 13.1. The first-order valence-electron chi connectivity index (χ1n) is 13.1. The van der Waals surface area contributed by atoms with Crippen LogP contribution in [0.4, 0.5) is 11.4 Å². The lowest BCUT2D eigenvalue weighted by atomic mass is 10.1. The molecular weight excluding hydrogens is 484 g/mol. The Kier molecular flexibility index (Phi) is 8.68. The van der Waals surface area contributed by atoms with Gasteiger partial charge in [-0.05, 0) is 50.2 Å². The minimum atomic E-state index is -0.540. The van der Waals surface area contributed by atoms with E-state index in [0.29, 0.717) is 41.1 Å². The van der Waals surface area contributed by atoms with Gasteiger partial charge in [0.2, 0.25) is 0 Å². The van der Waals surface area contributed by atoms with E-state index in [1.807, 2.05) is 24.8 Å². The first-order chi connectivity index (χ1) is 18.3. The third-order valence-corrected chi connectivity index (χ3v) is 6.75. The van der Waals surface area contributed by atoms with Crippen LogP contribution >= 0.6 is 0 Å². The van der Waals surface area contributed by atoms with E-state index >= 15 is 0 Å². The molecule has 9 nitrogen and oxygen atoms in total. The molecule has 3 aromatic rings. The molecule has 0 spiro atoms. The van der Waals surface area contributed by atoms with E-state index in [-0.39, 0.29) is 17.1 Å². The van der Waals surface area contributed by atoms with Crippen LogP contribution in [-0.4, -0.2) is 75.0 Å². The minimum Gasteiger partial charge on any atom is -0.497 e. The second-order valence-electron chi connectivity index (χ2n) is 9.61. The maximum Gasteiger partial charge on any atom is 0.291 e. The number of rotatable bonds is 9. The van der Waals surface area contributed by atoms with E-state index in [2.05, 4.69) is 22.2 Å². The Balaban J connectivity index is 1.59. The molecule has 2 aromatic carbocycles. The average molecular weight is 521 g/mol. The fourth-order valence-corrected chi connectivity index (χ4v) is 4.65. The Hall–Kier alpha value is -3.85. The van der Waals surface area contributed by atoms with Gasteiger partial charge in [-0.2, -0.15) is 0 Å². The molecule has 0 atom stereocenters. The number of likely N-dealkylation sites (N-methyl/N-ethyl adjacent to an activating group) is 1. The number of anilines is 2. The van der Waals surface area contributed by atoms with Crippen molar-refractivity contribution >= 4 is 34.2 Å². The molecule has 1 fully saturated rings. The highest BCUT2D eigenvalue weighted by atomic mass is 16.5. The van der Waals surface area contributed by atoms with Crippen molar-refractivity contribution in [1.82, 2.24) is 9.80 Å². The van der Waals surface area contributed by atoms with Gasteiger partial charge in [0.25, 0.3) is 11.8 Å². The summed E-state index contributed by atoms with van der Waals surface area (Å²) in [6.45, 7) is 8.76. The molecule has 1 aliphatic heterocycles. The Morgan fingerprint density at radius 1 is 1.00 bits per heavy atom. The zero-order valence-corrected chi connectivity index (χ0v) is 22.6. The van der Waals surface area contributed by atoms with Crippen LogP contribution in [0, 0.1) is 0 Å². The summed E-state index contributed by atoms with van der Waals surface area (Å²) in [7, 11) is 3.63. The number of hydrogen-bond acceptors (Lipinski definition) is 7. The highest BCUT2D eigenvalue weighted by Crippen LogP contribution is 2.32. The van der Waals surface area contributed by atoms with Crippen LogP contribution in [0.3, 0.4) is 0 Å². The van der Waals surface area contributed by atoms with Gasteiger partial charge in [-0.3, -0.25) is 14.4 Å². The van der Waals surface area contributed by atoms with Crippen molar-refractivity contribution in [2.75, 3.05) is 63.6 Å². The summed E-state index contributed by atoms with van der Waals surface area (Å²) < 4.78 is 11.5. The highest BCUT2D eigenvalue weighted by Gasteiger charge is 2.22. The molecule has 1 N–H and O–H groups in total. The second kappa shape index (κ2) is 12.1. The summed E-state index contributed by atoms with van der Waals surface area (Å²) in [5, 5.41) is 3.14. The number of fused-ring (bicyclic) bond motifs is 1. The van der Waals surface area contributed by atoms with E-state index < -0.39 is 5.91 Å². The predicted octanol–water partition coefficient (Wildman–Crippen LogP) is 4.07. The zero-order chi connectivity index (χ0) is 27.2. The van der Waals surface area contributed by atoms with Gasteiger partial charge in [0.15, 0.2) is 16.8 Å². The number of nitrogens with one attached hydrogen (secondary N) is 1. The van der Waals surface area contributed by atoms with Crippen LogP contribution in [0.15, 0.2) is 51.7 Å². The number of ether oxygens (including phenoxy) is 1. The van der Waals surface area contributed by atoms with Crippen LogP contribution in [0.5, 0.6) is 5.75 Å². The van der Waals surface area contributed by atoms with Gasteiger partial charge in [0.1, 0.15) is 5.75 Å². The summed E-state index contributed by atoms with van der Waals surface area (Å²) in [6, 6.07) is 11.4. The third-order valence-electron chi connectivity index (χ3n) is 6.75. The van der Waals surface area contributed by atoms with Crippen LogP contribution in [0.2, 0.25) is 0 Å². The van der Waals surface area contributed by atoms with Gasteiger partial charge in [-0.1, -0.05) is 13.8 Å². The molecule has 1 saturated heterocycles. The number of carbonyl (C=O) groups is 2. The molecule has 0 unspecified atom stereocenters. The first-order valence-corrected chi connectivity index (χ1v) is 13.1. The van der Waals surface area contributed by atoms with Crippen molar-refractivity contribution < 1.29 is 18.7 Å². The quantitative estimate of drug-likeness (QED) is 0.455. The van der Waals surface area contributed by atoms with Gasteiger partial charge in [-0.25, -0.2) is 0 Å². The van der Waals surface area contributed by atoms with E-state index in [0.717, 1.165) is 44.7 Å². The van der Waals surface area contributed by atoms with Crippen LogP contribution in [-0.2, 0) is 0 Å². The fourth-order valence-electron chi connectivity index (χ4n) is 4.65. The van der Waals surface area contributed by atoms with Crippen molar-refractivity contribution in [2.45, 2.75) is 26.7 Å². The van der Waals surface area contributed by atoms with Gasteiger partial charge >= 0.3 is 0 Å². The summed E-state index contributed by atoms with van der Waals surface area (Å²) in [5.74, 6) is -0.0944. The number of methoxy groups -OCH3 is 1. The van der Waals surface area contributed by atoms with Crippen LogP contribution < -0.4 is 20.4 Å². The van der Waals surface area contributed by atoms with Gasteiger partial charge in [0.05, 0.1) is 18.2 Å². The topological polar surface area (TPSA) is 95.3 Å². The molecule has 2 amide bonds. The van der Waals surface area contributed by atoms with Crippen molar-refractivity contribution in [2.24, 2.45) is 0 Å². The molecule has 1 aliphatic rings. The molecule has 1 aromatic heterocycles. The van der Waals surface area contributed by atoms with Gasteiger partial charge in [-0.15, -0.1) is 0 Å². The molecular formula is C29H36N4O5. The first kappa shape index (κ1) is 27.2. The zero-order valence-electron chi connectivity index (χ0n) is 22.6. The Bertz CT molecular complexity index is 1340. The van der Waals surface area contributed by atoms with Crippen molar-refractivity contribution in [3.8, 4) is 5.75 Å². The second-order valence-corrected chi connectivity index (χ2v) is 9.61. The van der Waals surface area contributed by atoms with Crippen LogP contribution in [0.25, 0.3) is 11.0 Å². The maximum absolute atomic E-state index is 13.1. The molecule has 202 valence electrons. The van der Waals surface area contributed by atoms with Crippen molar-refractivity contribution in [3.05, 3.63) is 64.0 Å². The number of carbonyl (C=O) groups excluding carboxylic acids is 2. The number of amides is 2. The summed E-state index contributed by atoms with van der Waals surface area (Å²) in [5.41, 5.74) is 1.83. The summed E-state index contributed by atoms with van der Waals surface area (Å²) in [4.78, 5) is 45.2. The Labute approximate surface area is 223 Å². The fraction of sp³-hybridized carbons (Fsp3) is 0.414. The van der Waals surface area contributed by atoms with Crippen molar-refractivity contribution in [3.63, 3.8) is 0 Å². The lowest BCUT2D eigenvalue weighted by molar-refractivity contribution is 0.0755. The molecule has 0 saturated carbocycles. The van der Waals surface area contributed by atoms with E-state index in [1.165, 1.54) is 6.07 Å². The molecule has 0 radical (unpaired) electrons. The Morgan fingerprint density at radius 3 is 2.26 bits per heavy atom. The predicted molar refractivity (Wildman–Crippen MR) is 150 cm³/mol. The van der Waals surface area contributed by atoms with E-state index in [1.54, 1.807) is 37.4 Å². The normalized spacial score (nSPS) is 13.9. The molecule has 4 rings (SSSR count).